The number of sulfone groups is 1. The first-order valence-corrected chi connectivity index (χ1v) is 9.52. The molecule has 0 radical (unpaired) electrons. The van der Waals surface area contributed by atoms with Crippen molar-refractivity contribution in [2.75, 3.05) is 12.9 Å². The third-order valence-corrected chi connectivity index (χ3v) is 6.20. The third kappa shape index (κ3) is 4.65. The van der Waals surface area contributed by atoms with Crippen LogP contribution in [0.1, 0.15) is 0 Å². The second-order valence-corrected chi connectivity index (χ2v) is 8.56. The Hall–Kier alpha value is -2.30. The van der Waals surface area contributed by atoms with Crippen LogP contribution in [0.2, 0.25) is 0 Å². The molecule has 17 heteroatoms. The van der Waals surface area contributed by atoms with Gasteiger partial charge in [0.15, 0.2) is 15.6 Å². The van der Waals surface area contributed by atoms with Crippen LogP contribution in [0, 0.1) is 10.1 Å². The van der Waals surface area contributed by atoms with Gasteiger partial charge in [0.05, 0.1) is 16.9 Å². The molecule has 29 heavy (non-hydrogen) atoms. The predicted molar refractivity (Wildman–Crippen MR) is 79.5 cm³/mol. The van der Waals surface area contributed by atoms with Crippen LogP contribution in [0.3, 0.4) is 0 Å². The smallest absolute Gasteiger partial charge is 0.461 e. The number of benzene rings is 1. The summed E-state index contributed by atoms with van der Waals surface area (Å²) in [6.07, 6.45) is -6.80. The lowest BCUT2D eigenvalue weighted by atomic mass is 10.3. The van der Waals surface area contributed by atoms with E-state index in [9.17, 15) is 58.3 Å². The van der Waals surface area contributed by atoms with Gasteiger partial charge in [-0.15, -0.1) is 0 Å². The first kappa shape index (κ1) is 24.7. The number of hydrogen-bond acceptors (Lipinski definition) is 7. The fraction of sp³-hybridized carbons (Fsp3) is 0.417. The molecule has 1 atom stereocenters. The molecule has 0 amide bonds. The summed E-state index contributed by atoms with van der Waals surface area (Å²) >= 11 is 0. The van der Waals surface area contributed by atoms with Crippen LogP contribution < -0.4 is 0 Å². The van der Waals surface area contributed by atoms with E-state index < -0.39 is 70.1 Å². The number of carbonyl (C=O) groups is 1. The molecule has 0 aliphatic heterocycles. The molecule has 0 aliphatic carbocycles. The van der Waals surface area contributed by atoms with E-state index in [1.807, 2.05) is 0 Å². The molecule has 0 heterocycles. The fourth-order valence-electron chi connectivity index (χ4n) is 1.74. The van der Waals surface area contributed by atoms with Crippen LogP contribution in [-0.2, 0) is 30.2 Å². The highest BCUT2D eigenvalue weighted by atomic mass is 32.2. The molecular formula is C12H8F7NO7S2. The van der Waals surface area contributed by atoms with E-state index in [-0.39, 0.29) is 18.2 Å². The molecule has 0 saturated heterocycles. The summed E-state index contributed by atoms with van der Waals surface area (Å²) < 4.78 is 129. The Labute approximate surface area is 159 Å². The molecule has 0 spiro atoms. The highest BCUT2D eigenvalue weighted by Crippen LogP contribution is 2.49. The fourth-order valence-corrected chi connectivity index (χ4v) is 4.11. The second kappa shape index (κ2) is 7.85. The molecule has 0 saturated carbocycles. The van der Waals surface area contributed by atoms with Gasteiger partial charge in [0, 0.05) is 6.07 Å². The lowest BCUT2D eigenvalue weighted by Gasteiger charge is -2.27. The van der Waals surface area contributed by atoms with Crippen molar-refractivity contribution in [1.29, 1.82) is 0 Å². The van der Waals surface area contributed by atoms with E-state index in [0.29, 0.717) is 0 Å². The zero-order valence-corrected chi connectivity index (χ0v) is 15.3. The number of hydrogen-bond donors (Lipinski definition) is 0. The maximum atomic E-state index is 13.5. The molecule has 1 unspecified atom stereocenters. The highest BCUT2D eigenvalue weighted by molar-refractivity contribution is 7.92. The standard InChI is InChI=1S/C12H8F7NO7S2/c1-27-9(21)5-29(25,26)8-3-2-6(4-7(8)20(22)23)28(24)12(18,19)10(13,14)11(15,16)17/h2-4H,5H2,1H3. The van der Waals surface area contributed by atoms with Gasteiger partial charge in [-0.1, -0.05) is 0 Å². The Bertz CT molecular complexity index is 960. The van der Waals surface area contributed by atoms with Crippen LogP contribution in [0.25, 0.3) is 0 Å². The van der Waals surface area contributed by atoms with Gasteiger partial charge in [0.25, 0.3) is 5.69 Å². The Morgan fingerprint density at radius 1 is 1.17 bits per heavy atom. The van der Waals surface area contributed by atoms with E-state index >= 15 is 0 Å². The number of nitrogens with zero attached hydrogens (tertiary/aromatic N) is 1. The van der Waals surface area contributed by atoms with E-state index in [0.717, 1.165) is 7.11 Å². The van der Waals surface area contributed by atoms with Crippen molar-refractivity contribution in [2.24, 2.45) is 0 Å². The minimum absolute atomic E-state index is 0.119. The molecule has 164 valence electrons. The SMILES string of the molecule is COC(=O)CS(=O)(=O)c1ccc(S(=O)C(F)(F)C(F)(F)C(F)(F)F)cc1[N+](=O)[O-]. The summed E-state index contributed by atoms with van der Waals surface area (Å²) in [5.74, 6) is -9.58. The third-order valence-electron chi connectivity index (χ3n) is 3.17. The first-order valence-electron chi connectivity index (χ1n) is 6.72. The van der Waals surface area contributed by atoms with E-state index in [4.69, 9.17) is 0 Å². The van der Waals surface area contributed by atoms with Crippen molar-refractivity contribution in [3.8, 4) is 0 Å². The summed E-state index contributed by atoms with van der Waals surface area (Å²) in [5, 5.41) is 4.77. The van der Waals surface area contributed by atoms with Gasteiger partial charge >= 0.3 is 23.3 Å². The summed E-state index contributed by atoms with van der Waals surface area (Å²) in [4.78, 5) is 17.7. The van der Waals surface area contributed by atoms with E-state index in [1.54, 1.807) is 0 Å². The van der Waals surface area contributed by atoms with Crippen LogP contribution in [0.4, 0.5) is 36.4 Å². The summed E-state index contributed by atoms with van der Waals surface area (Å²) in [7, 11) is -8.51. The van der Waals surface area contributed by atoms with E-state index in [2.05, 4.69) is 4.74 Å². The monoisotopic (exact) mass is 475 g/mol. The Morgan fingerprint density at radius 3 is 2.10 bits per heavy atom. The summed E-state index contributed by atoms with van der Waals surface area (Å²) in [6.45, 7) is 0. The number of carbonyl (C=O) groups excluding carboxylic acids is 1. The Morgan fingerprint density at radius 2 is 1.69 bits per heavy atom. The number of ether oxygens (including phenoxy) is 1. The zero-order valence-electron chi connectivity index (χ0n) is 13.7. The second-order valence-electron chi connectivity index (χ2n) is 5.08. The number of methoxy groups -OCH3 is 1. The minimum Gasteiger partial charge on any atom is -0.468 e. The number of nitro groups is 1. The zero-order chi connectivity index (χ0) is 23.0. The van der Waals surface area contributed by atoms with E-state index in [1.165, 1.54) is 0 Å². The number of nitro benzene ring substituents is 1. The molecule has 0 aromatic heterocycles. The molecule has 1 aromatic rings. The topological polar surface area (TPSA) is 121 Å². The molecule has 1 aromatic carbocycles. The number of halogens is 7. The quantitative estimate of drug-likeness (QED) is 0.257. The Kier molecular flexibility index (Phi) is 6.69. The van der Waals surface area contributed by atoms with Gasteiger partial charge in [-0.25, -0.2) is 12.6 Å². The lowest BCUT2D eigenvalue weighted by molar-refractivity contribution is -0.388. The lowest BCUT2D eigenvalue weighted by Crippen LogP contribution is -2.54. The number of alkyl halides is 7. The highest BCUT2D eigenvalue weighted by Gasteiger charge is 2.76. The van der Waals surface area contributed by atoms with Crippen molar-refractivity contribution < 1.29 is 57.8 Å². The average Bonchev–Trinajstić information content (AvgIpc) is 2.58. The maximum absolute atomic E-state index is 13.5. The van der Waals surface area contributed by atoms with Crippen molar-refractivity contribution in [2.45, 2.75) is 27.1 Å². The average molecular weight is 475 g/mol. The van der Waals surface area contributed by atoms with Gasteiger partial charge in [-0.3, -0.25) is 14.9 Å². The van der Waals surface area contributed by atoms with Gasteiger partial charge in [-0.05, 0) is 12.1 Å². The number of rotatable bonds is 7. The first-order chi connectivity index (χ1) is 12.9. The van der Waals surface area contributed by atoms with Gasteiger partial charge in [0.1, 0.15) is 15.7 Å². The Balaban J connectivity index is 3.55. The van der Waals surface area contributed by atoms with Crippen LogP contribution in [-0.4, -0.2) is 53.7 Å². The van der Waals surface area contributed by atoms with Crippen LogP contribution in [0.5, 0.6) is 0 Å². The molecular weight excluding hydrogens is 467 g/mol. The van der Waals surface area contributed by atoms with Crippen molar-refractivity contribution in [3.05, 3.63) is 28.3 Å². The van der Waals surface area contributed by atoms with Crippen molar-refractivity contribution in [3.63, 3.8) is 0 Å². The summed E-state index contributed by atoms with van der Waals surface area (Å²) in [5.41, 5.74) is -1.58. The van der Waals surface area contributed by atoms with Crippen molar-refractivity contribution >= 4 is 32.3 Å². The molecule has 0 N–H and O–H groups in total. The number of esters is 1. The normalized spacial score (nSPS) is 14.3. The summed E-state index contributed by atoms with van der Waals surface area (Å²) in [6, 6.07) is 0.125. The largest absolute Gasteiger partial charge is 0.468 e. The van der Waals surface area contributed by atoms with Crippen LogP contribution >= 0.6 is 0 Å². The molecule has 1 rings (SSSR count). The maximum Gasteiger partial charge on any atom is 0.461 e. The molecule has 0 fully saturated rings. The van der Waals surface area contributed by atoms with Gasteiger partial charge in [-0.2, -0.15) is 30.7 Å². The van der Waals surface area contributed by atoms with Gasteiger partial charge in [0.2, 0.25) is 0 Å². The molecule has 8 nitrogen and oxygen atoms in total. The van der Waals surface area contributed by atoms with Gasteiger partial charge < -0.3 is 4.74 Å². The van der Waals surface area contributed by atoms with Crippen molar-refractivity contribution in [1.82, 2.24) is 0 Å². The minimum atomic E-state index is -6.80. The molecule has 0 bridgehead atoms. The predicted octanol–water partition coefficient (Wildman–Crippen LogP) is 2.44. The molecule has 0 aliphatic rings. The van der Waals surface area contributed by atoms with Crippen LogP contribution in [0.15, 0.2) is 28.0 Å².